The molecule has 0 aromatic carbocycles. The molecule has 0 bridgehead atoms. The summed E-state index contributed by atoms with van der Waals surface area (Å²) in [5.41, 5.74) is 0. The maximum absolute atomic E-state index is 3.71. The van der Waals surface area contributed by atoms with E-state index >= 15 is 0 Å². The van der Waals surface area contributed by atoms with Crippen LogP contribution in [0.4, 0.5) is 0 Å². The number of fused-ring (bicyclic) bond motifs is 1. The average Bonchev–Trinajstić information content (AvgIpc) is 2.65. The lowest BCUT2D eigenvalue weighted by molar-refractivity contribution is 0.167. The topological polar surface area (TPSA) is 15.3 Å². The standard InChI is InChI=1S/C12H24N2/c1-2-3-7-13-11-6-9-14-8-4-5-12(14)10-11/h11-13H,2-10H2,1H3. The Labute approximate surface area is 88.1 Å². The van der Waals surface area contributed by atoms with Gasteiger partial charge in [-0.25, -0.2) is 0 Å². The molecule has 2 rings (SSSR count). The van der Waals surface area contributed by atoms with E-state index < -0.39 is 0 Å². The second kappa shape index (κ2) is 5.13. The van der Waals surface area contributed by atoms with Gasteiger partial charge in [-0.2, -0.15) is 0 Å². The molecule has 2 fully saturated rings. The highest BCUT2D eigenvalue weighted by Crippen LogP contribution is 2.26. The third-order valence-electron chi connectivity index (χ3n) is 3.78. The summed E-state index contributed by atoms with van der Waals surface area (Å²) in [5.74, 6) is 0. The van der Waals surface area contributed by atoms with Crippen molar-refractivity contribution in [3.8, 4) is 0 Å². The number of hydrogen-bond donors (Lipinski definition) is 1. The molecule has 0 amide bonds. The normalized spacial score (nSPS) is 33.2. The van der Waals surface area contributed by atoms with E-state index in [0.717, 1.165) is 12.1 Å². The van der Waals surface area contributed by atoms with Crippen LogP contribution in [0.1, 0.15) is 45.4 Å². The van der Waals surface area contributed by atoms with Crippen LogP contribution in [-0.4, -0.2) is 36.6 Å². The van der Waals surface area contributed by atoms with E-state index in [1.165, 1.54) is 58.2 Å². The van der Waals surface area contributed by atoms with E-state index in [4.69, 9.17) is 0 Å². The largest absolute Gasteiger partial charge is 0.314 e. The van der Waals surface area contributed by atoms with Crippen LogP contribution in [0.15, 0.2) is 0 Å². The smallest absolute Gasteiger partial charge is 0.0111 e. The highest BCUT2D eigenvalue weighted by atomic mass is 15.2. The quantitative estimate of drug-likeness (QED) is 0.692. The maximum Gasteiger partial charge on any atom is 0.0111 e. The van der Waals surface area contributed by atoms with Crippen LogP contribution >= 0.6 is 0 Å². The molecule has 2 aliphatic heterocycles. The van der Waals surface area contributed by atoms with Crippen LogP contribution in [0.25, 0.3) is 0 Å². The van der Waals surface area contributed by atoms with Crippen molar-refractivity contribution < 1.29 is 0 Å². The highest BCUT2D eigenvalue weighted by Gasteiger charge is 2.30. The molecule has 0 aromatic heterocycles. The van der Waals surface area contributed by atoms with Gasteiger partial charge in [-0.1, -0.05) is 13.3 Å². The van der Waals surface area contributed by atoms with Crippen molar-refractivity contribution in [1.82, 2.24) is 10.2 Å². The Morgan fingerprint density at radius 2 is 2.21 bits per heavy atom. The number of nitrogens with one attached hydrogen (secondary N) is 1. The Morgan fingerprint density at radius 1 is 1.29 bits per heavy atom. The van der Waals surface area contributed by atoms with Gasteiger partial charge < -0.3 is 10.2 Å². The number of unbranched alkanes of at least 4 members (excludes halogenated alkanes) is 1. The summed E-state index contributed by atoms with van der Waals surface area (Å²) in [6, 6.07) is 1.74. The molecule has 0 aliphatic carbocycles. The first-order valence-electron chi connectivity index (χ1n) is 6.37. The molecule has 2 heteroatoms. The van der Waals surface area contributed by atoms with Crippen molar-refractivity contribution >= 4 is 0 Å². The number of rotatable bonds is 4. The fourth-order valence-corrected chi connectivity index (χ4v) is 2.89. The van der Waals surface area contributed by atoms with Crippen LogP contribution in [0.2, 0.25) is 0 Å². The first-order chi connectivity index (χ1) is 6.90. The Bertz CT molecular complexity index is 170. The van der Waals surface area contributed by atoms with Crippen molar-refractivity contribution in [3.05, 3.63) is 0 Å². The molecule has 2 nitrogen and oxygen atoms in total. The van der Waals surface area contributed by atoms with Crippen molar-refractivity contribution in [1.29, 1.82) is 0 Å². The van der Waals surface area contributed by atoms with Crippen molar-refractivity contribution in [3.63, 3.8) is 0 Å². The van der Waals surface area contributed by atoms with Gasteiger partial charge in [-0.3, -0.25) is 0 Å². The lowest BCUT2D eigenvalue weighted by atomic mass is 9.97. The summed E-state index contributed by atoms with van der Waals surface area (Å²) in [6.45, 7) is 6.20. The van der Waals surface area contributed by atoms with Gasteiger partial charge in [-0.15, -0.1) is 0 Å². The Morgan fingerprint density at radius 3 is 3.07 bits per heavy atom. The molecule has 1 N–H and O–H groups in total. The van der Waals surface area contributed by atoms with E-state index in [2.05, 4.69) is 17.1 Å². The van der Waals surface area contributed by atoms with Crippen molar-refractivity contribution in [2.45, 2.75) is 57.5 Å². The van der Waals surface area contributed by atoms with Crippen LogP contribution < -0.4 is 5.32 Å². The molecule has 82 valence electrons. The Kier molecular flexibility index (Phi) is 3.82. The fraction of sp³-hybridized carbons (Fsp3) is 1.00. The Hall–Kier alpha value is -0.0800. The van der Waals surface area contributed by atoms with Gasteiger partial charge in [0.15, 0.2) is 0 Å². The minimum absolute atomic E-state index is 0.820. The molecule has 0 radical (unpaired) electrons. The monoisotopic (exact) mass is 196 g/mol. The first kappa shape index (κ1) is 10.4. The second-order valence-electron chi connectivity index (χ2n) is 4.86. The van der Waals surface area contributed by atoms with Crippen LogP contribution in [-0.2, 0) is 0 Å². The van der Waals surface area contributed by atoms with E-state index in [-0.39, 0.29) is 0 Å². The number of piperidine rings is 1. The van der Waals surface area contributed by atoms with E-state index in [9.17, 15) is 0 Å². The van der Waals surface area contributed by atoms with E-state index in [1.807, 2.05) is 0 Å². The van der Waals surface area contributed by atoms with Gasteiger partial charge in [0.2, 0.25) is 0 Å². The lowest BCUT2D eigenvalue weighted by Crippen LogP contribution is -2.45. The fourth-order valence-electron chi connectivity index (χ4n) is 2.89. The zero-order valence-electron chi connectivity index (χ0n) is 9.47. The first-order valence-corrected chi connectivity index (χ1v) is 6.37. The summed E-state index contributed by atoms with van der Waals surface area (Å²) in [5, 5.41) is 3.71. The van der Waals surface area contributed by atoms with E-state index in [0.29, 0.717) is 0 Å². The maximum atomic E-state index is 3.71. The van der Waals surface area contributed by atoms with E-state index in [1.54, 1.807) is 0 Å². The molecule has 0 spiro atoms. The van der Waals surface area contributed by atoms with Crippen molar-refractivity contribution in [2.24, 2.45) is 0 Å². The Balaban J connectivity index is 1.69. The molecular formula is C12H24N2. The van der Waals surface area contributed by atoms with Gasteiger partial charge >= 0.3 is 0 Å². The predicted molar refractivity (Wildman–Crippen MR) is 60.5 cm³/mol. The zero-order chi connectivity index (χ0) is 9.80. The zero-order valence-corrected chi connectivity index (χ0v) is 9.47. The SMILES string of the molecule is CCCCNC1CCN2CCCC2C1. The van der Waals surface area contributed by atoms with Crippen LogP contribution in [0.3, 0.4) is 0 Å². The van der Waals surface area contributed by atoms with Crippen molar-refractivity contribution in [2.75, 3.05) is 19.6 Å². The van der Waals surface area contributed by atoms with Gasteiger partial charge in [0, 0.05) is 12.1 Å². The van der Waals surface area contributed by atoms with Gasteiger partial charge in [0.05, 0.1) is 0 Å². The molecule has 2 heterocycles. The molecule has 2 atom stereocenters. The summed E-state index contributed by atoms with van der Waals surface area (Å²) < 4.78 is 0. The average molecular weight is 196 g/mol. The summed E-state index contributed by atoms with van der Waals surface area (Å²) in [7, 11) is 0. The minimum Gasteiger partial charge on any atom is -0.314 e. The molecule has 2 saturated heterocycles. The van der Waals surface area contributed by atoms with Crippen LogP contribution in [0, 0.1) is 0 Å². The second-order valence-corrected chi connectivity index (χ2v) is 4.86. The molecule has 0 saturated carbocycles. The molecular weight excluding hydrogens is 172 g/mol. The predicted octanol–water partition coefficient (Wildman–Crippen LogP) is 2.00. The third kappa shape index (κ3) is 2.48. The molecule has 14 heavy (non-hydrogen) atoms. The minimum atomic E-state index is 0.820. The summed E-state index contributed by atoms with van der Waals surface area (Å²) >= 11 is 0. The molecule has 0 aromatic rings. The van der Waals surface area contributed by atoms with Gasteiger partial charge in [0.1, 0.15) is 0 Å². The third-order valence-corrected chi connectivity index (χ3v) is 3.78. The molecule has 2 aliphatic rings. The number of nitrogens with zero attached hydrogens (tertiary/aromatic N) is 1. The van der Waals surface area contributed by atoms with Gasteiger partial charge in [0.25, 0.3) is 0 Å². The van der Waals surface area contributed by atoms with Crippen LogP contribution in [0.5, 0.6) is 0 Å². The molecule has 2 unspecified atom stereocenters. The highest BCUT2D eigenvalue weighted by molar-refractivity contribution is 4.88. The summed E-state index contributed by atoms with van der Waals surface area (Å²) in [6.07, 6.45) is 8.32. The van der Waals surface area contributed by atoms with Gasteiger partial charge in [-0.05, 0) is 51.7 Å². The number of hydrogen-bond acceptors (Lipinski definition) is 2. The lowest BCUT2D eigenvalue weighted by Gasteiger charge is -2.35. The summed E-state index contributed by atoms with van der Waals surface area (Å²) in [4.78, 5) is 2.69.